The topological polar surface area (TPSA) is 26.0 Å². The second kappa shape index (κ2) is 2.37. The quantitative estimate of drug-likeness (QED) is 0.695. The second-order valence-corrected chi connectivity index (χ2v) is 4.33. The van der Waals surface area contributed by atoms with Crippen LogP contribution in [0.15, 0.2) is 0 Å². The number of hydrogen-bond donors (Lipinski definition) is 1. The van der Waals surface area contributed by atoms with Crippen LogP contribution in [-0.4, -0.2) is 11.7 Å². The van der Waals surface area contributed by atoms with Gasteiger partial charge in [0.25, 0.3) is 0 Å². The summed E-state index contributed by atoms with van der Waals surface area (Å²) in [7, 11) is 0. The minimum atomic E-state index is -4.10. The van der Waals surface area contributed by atoms with Crippen molar-refractivity contribution in [3.63, 3.8) is 0 Å². The molecule has 0 amide bonds. The molecule has 1 rings (SSSR count). The Labute approximate surface area is 70.1 Å². The first-order chi connectivity index (χ1) is 5.16. The lowest BCUT2D eigenvalue weighted by Crippen LogP contribution is -2.42. The molecular formula is C8H14F3N. The molecule has 0 aromatic rings. The fourth-order valence-corrected chi connectivity index (χ4v) is 1.49. The van der Waals surface area contributed by atoms with Gasteiger partial charge in [0.15, 0.2) is 0 Å². The Balaban J connectivity index is 2.61. The molecular weight excluding hydrogens is 167 g/mol. The molecule has 72 valence electrons. The van der Waals surface area contributed by atoms with Crippen LogP contribution < -0.4 is 5.73 Å². The maximum atomic E-state index is 12.1. The minimum absolute atomic E-state index is 0.567. The van der Waals surface area contributed by atoms with E-state index in [1.54, 1.807) is 13.8 Å². The standard InChI is InChI=1S/C8H14F3N/c1-6(2,5-8(9,10)11)7(12)3-4-7/h3-5,12H2,1-2H3. The van der Waals surface area contributed by atoms with E-state index >= 15 is 0 Å². The largest absolute Gasteiger partial charge is 0.389 e. The van der Waals surface area contributed by atoms with Crippen molar-refractivity contribution in [1.29, 1.82) is 0 Å². The average Bonchev–Trinajstić information content (AvgIpc) is 2.40. The van der Waals surface area contributed by atoms with Crippen molar-refractivity contribution in [2.45, 2.75) is 44.8 Å². The van der Waals surface area contributed by atoms with Gasteiger partial charge in [-0.2, -0.15) is 13.2 Å². The summed E-state index contributed by atoms with van der Waals surface area (Å²) >= 11 is 0. The van der Waals surface area contributed by atoms with Crippen molar-refractivity contribution in [3.05, 3.63) is 0 Å². The highest BCUT2D eigenvalue weighted by Crippen LogP contribution is 2.52. The maximum Gasteiger partial charge on any atom is 0.389 e. The third-order valence-corrected chi connectivity index (χ3v) is 2.78. The molecule has 2 N–H and O–H groups in total. The van der Waals surface area contributed by atoms with Gasteiger partial charge < -0.3 is 5.73 Å². The van der Waals surface area contributed by atoms with Crippen molar-refractivity contribution >= 4 is 0 Å². The summed E-state index contributed by atoms with van der Waals surface area (Å²) in [6.45, 7) is 3.18. The smallest absolute Gasteiger partial charge is 0.325 e. The van der Waals surface area contributed by atoms with E-state index in [1.807, 2.05) is 0 Å². The summed E-state index contributed by atoms with van der Waals surface area (Å²) in [6, 6.07) is 0. The van der Waals surface area contributed by atoms with Crippen molar-refractivity contribution in [1.82, 2.24) is 0 Å². The normalized spacial score (nSPS) is 22.5. The van der Waals surface area contributed by atoms with Crippen LogP contribution in [0.25, 0.3) is 0 Å². The molecule has 0 aromatic carbocycles. The Morgan fingerprint density at radius 1 is 1.25 bits per heavy atom. The zero-order chi connectivity index (χ0) is 9.62. The highest BCUT2D eigenvalue weighted by molar-refractivity contribution is 5.09. The molecule has 0 saturated heterocycles. The predicted octanol–water partition coefficient (Wildman–Crippen LogP) is 2.46. The van der Waals surface area contributed by atoms with Crippen molar-refractivity contribution in [2.75, 3.05) is 0 Å². The lowest BCUT2D eigenvalue weighted by Gasteiger charge is -2.32. The van der Waals surface area contributed by atoms with Crippen LogP contribution in [0, 0.1) is 5.41 Å². The van der Waals surface area contributed by atoms with E-state index in [2.05, 4.69) is 0 Å². The number of alkyl halides is 3. The monoisotopic (exact) mass is 181 g/mol. The van der Waals surface area contributed by atoms with E-state index in [4.69, 9.17) is 5.73 Å². The van der Waals surface area contributed by atoms with E-state index in [0.29, 0.717) is 0 Å². The summed E-state index contributed by atoms with van der Waals surface area (Å²) in [5, 5.41) is 0. The Morgan fingerprint density at radius 2 is 1.67 bits per heavy atom. The minimum Gasteiger partial charge on any atom is -0.325 e. The molecule has 1 fully saturated rings. The molecule has 1 aliphatic carbocycles. The summed E-state index contributed by atoms with van der Waals surface area (Å²) in [5.74, 6) is 0. The molecule has 0 radical (unpaired) electrons. The third kappa shape index (κ3) is 1.91. The van der Waals surface area contributed by atoms with Gasteiger partial charge in [-0.15, -0.1) is 0 Å². The van der Waals surface area contributed by atoms with E-state index in [9.17, 15) is 13.2 Å². The number of hydrogen-bond acceptors (Lipinski definition) is 1. The SMILES string of the molecule is CC(C)(CC(F)(F)F)C1(N)CC1. The Hall–Kier alpha value is -0.250. The van der Waals surface area contributed by atoms with Gasteiger partial charge in [0.2, 0.25) is 0 Å². The lowest BCUT2D eigenvalue weighted by molar-refractivity contribution is -0.158. The number of rotatable bonds is 2. The zero-order valence-corrected chi connectivity index (χ0v) is 7.33. The van der Waals surface area contributed by atoms with Crippen LogP contribution in [-0.2, 0) is 0 Å². The van der Waals surface area contributed by atoms with Gasteiger partial charge in [-0.25, -0.2) is 0 Å². The van der Waals surface area contributed by atoms with Gasteiger partial charge in [0, 0.05) is 5.54 Å². The Morgan fingerprint density at radius 3 is 1.92 bits per heavy atom. The first-order valence-corrected chi connectivity index (χ1v) is 4.02. The van der Waals surface area contributed by atoms with Crippen LogP contribution in [0.3, 0.4) is 0 Å². The molecule has 0 spiro atoms. The molecule has 0 heterocycles. The Kier molecular flexibility index (Phi) is 1.95. The first-order valence-electron chi connectivity index (χ1n) is 4.02. The highest BCUT2D eigenvalue weighted by Gasteiger charge is 2.54. The van der Waals surface area contributed by atoms with Gasteiger partial charge in [0.1, 0.15) is 0 Å². The fourth-order valence-electron chi connectivity index (χ4n) is 1.49. The van der Waals surface area contributed by atoms with Crippen molar-refractivity contribution in [3.8, 4) is 0 Å². The van der Waals surface area contributed by atoms with E-state index in [1.165, 1.54) is 0 Å². The molecule has 0 bridgehead atoms. The molecule has 1 aliphatic rings. The van der Waals surface area contributed by atoms with Crippen LogP contribution >= 0.6 is 0 Å². The van der Waals surface area contributed by atoms with Gasteiger partial charge in [-0.1, -0.05) is 13.8 Å². The number of halogens is 3. The summed E-state index contributed by atoms with van der Waals surface area (Å²) in [4.78, 5) is 0. The highest BCUT2D eigenvalue weighted by atomic mass is 19.4. The summed E-state index contributed by atoms with van der Waals surface area (Å²) in [5.41, 5.74) is 4.35. The van der Waals surface area contributed by atoms with Gasteiger partial charge in [0.05, 0.1) is 6.42 Å². The maximum absolute atomic E-state index is 12.1. The van der Waals surface area contributed by atoms with Gasteiger partial charge >= 0.3 is 6.18 Å². The van der Waals surface area contributed by atoms with Gasteiger partial charge in [-0.3, -0.25) is 0 Å². The third-order valence-electron chi connectivity index (χ3n) is 2.78. The van der Waals surface area contributed by atoms with Crippen LogP contribution in [0.1, 0.15) is 33.1 Å². The van der Waals surface area contributed by atoms with E-state index < -0.39 is 23.6 Å². The average molecular weight is 181 g/mol. The fraction of sp³-hybridized carbons (Fsp3) is 1.00. The zero-order valence-electron chi connectivity index (χ0n) is 7.33. The van der Waals surface area contributed by atoms with E-state index in [-0.39, 0.29) is 0 Å². The molecule has 0 atom stereocenters. The summed E-state index contributed by atoms with van der Waals surface area (Å²) < 4.78 is 36.2. The van der Waals surface area contributed by atoms with E-state index in [0.717, 1.165) is 12.8 Å². The molecule has 12 heavy (non-hydrogen) atoms. The van der Waals surface area contributed by atoms with Crippen molar-refractivity contribution in [2.24, 2.45) is 11.1 Å². The number of nitrogens with two attached hydrogens (primary N) is 1. The molecule has 0 unspecified atom stereocenters. The van der Waals surface area contributed by atoms with Crippen LogP contribution in [0.4, 0.5) is 13.2 Å². The van der Waals surface area contributed by atoms with Crippen LogP contribution in [0.2, 0.25) is 0 Å². The Bertz CT molecular complexity index is 179. The predicted molar refractivity (Wildman–Crippen MR) is 40.6 cm³/mol. The molecule has 0 aliphatic heterocycles. The molecule has 4 heteroatoms. The first kappa shape index (κ1) is 9.84. The molecule has 1 saturated carbocycles. The molecule has 1 nitrogen and oxygen atoms in total. The lowest BCUT2D eigenvalue weighted by atomic mass is 9.79. The summed E-state index contributed by atoms with van der Waals surface area (Å²) in [6.07, 6.45) is -3.44. The van der Waals surface area contributed by atoms with Crippen LogP contribution in [0.5, 0.6) is 0 Å². The molecule has 0 aromatic heterocycles. The van der Waals surface area contributed by atoms with Crippen molar-refractivity contribution < 1.29 is 13.2 Å². The van der Waals surface area contributed by atoms with Gasteiger partial charge in [-0.05, 0) is 18.3 Å². The second-order valence-electron chi connectivity index (χ2n) is 4.33.